The minimum Gasteiger partial charge on any atom is -0.493 e. The maximum Gasteiger partial charge on any atom is 0.255 e. The van der Waals surface area contributed by atoms with Crippen molar-refractivity contribution >= 4 is 29.5 Å². The summed E-state index contributed by atoms with van der Waals surface area (Å²) < 4.78 is 11.7. The molecule has 0 fully saturated rings. The first-order valence-corrected chi connectivity index (χ1v) is 18.1. The zero-order chi connectivity index (χ0) is 37.1. The minimum atomic E-state index is -1.30. The number of para-hydroxylation sites is 2. The van der Waals surface area contributed by atoms with Crippen LogP contribution >= 0.6 is 0 Å². The van der Waals surface area contributed by atoms with E-state index in [-0.39, 0.29) is 37.0 Å². The summed E-state index contributed by atoms with van der Waals surface area (Å²) >= 11 is 0. The molecule has 1 heterocycles. The third-order valence-electron chi connectivity index (χ3n) is 8.46. The van der Waals surface area contributed by atoms with E-state index in [9.17, 15) is 24.0 Å². The fraction of sp³-hybridized carbons (Fsp3) is 0.425. The molecule has 0 saturated heterocycles. The number of rotatable bonds is 9. The second-order valence-corrected chi connectivity index (χ2v) is 13.2. The van der Waals surface area contributed by atoms with Crippen molar-refractivity contribution in [3.8, 4) is 11.5 Å². The fourth-order valence-electron chi connectivity index (χ4n) is 5.78. The minimum absolute atomic E-state index is 0.109. The number of benzene rings is 3. The molecular formula is C40H51N5O7. The number of carbonyl (C=O) groups is 5. The summed E-state index contributed by atoms with van der Waals surface area (Å²) in [6.45, 7) is 5.03. The molecule has 5 amide bonds. The van der Waals surface area contributed by atoms with E-state index < -0.39 is 48.2 Å². The van der Waals surface area contributed by atoms with Gasteiger partial charge in [0.05, 0.1) is 25.1 Å². The molecule has 278 valence electrons. The first kappa shape index (κ1) is 39.4. The molecule has 3 aromatic rings. The van der Waals surface area contributed by atoms with Crippen LogP contribution in [0.2, 0.25) is 0 Å². The molecule has 12 heteroatoms. The average Bonchev–Trinajstić information content (AvgIpc) is 3.13. The molecule has 5 N–H and O–H groups in total. The summed E-state index contributed by atoms with van der Waals surface area (Å²) in [6, 6.07) is 21.9. The van der Waals surface area contributed by atoms with E-state index in [1.807, 2.05) is 62.4 Å². The number of hydrogen-bond acceptors (Lipinski definition) is 7. The molecule has 4 rings (SSSR count). The zero-order valence-electron chi connectivity index (χ0n) is 30.0. The van der Waals surface area contributed by atoms with Crippen molar-refractivity contribution in [1.82, 2.24) is 26.6 Å². The molecule has 12 nitrogen and oxygen atoms in total. The van der Waals surface area contributed by atoms with Crippen molar-refractivity contribution in [2.45, 2.75) is 76.9 Å². The van der Waals surface area contributed by atoms with Gasteiger partial charge in [0.1, 0.15) is 36.2 Å². The largest absolute Gasteiger partial charge is 0.493 e. The summed E-state index contributed by atoms with van der Waals surface area (Å²) in [4.78, 5) is 68.0. The zero-order valence-corrected chi connectivity index (χ0v) is 30.0. The summed E-state index contributed by atoms with van der Waals surface area (Å²) in [7, 11) is 0. The van der Waals surface area contributed by atoms with Gasteiger partial charge in [0.25, 0.3) is 5.91 Å². The normalized spacial score (nSPS) is 19.7. The van der Waals surface area contributed by atoms with E-state index in [0.717, 1.165) is 31.2 Å². The van der Waals surface area contributed by atoms with Crippen LogP contribution in [0, 0.1) is 5.92 Å². The lowest BCUT2D eigenvalue weighted by molar-refractivity contribution is -0.133. The van der Waals surface area contributed by atoms with Crippen molar-refractivity contribution in [1.29, 1.82) is 0 Å². The Morgan fingerprint density at radius 1 is 0.808 bits per heavy atom. The maximum atomic E-state index is 13.8. The van der Waals surface area contributed by atoms with Crippen molar-refractivity contribution in [2.24, 2.45) is 5.92 Å². The monoisotopic (exact) mass is 713 g/mol. The highest BCUT2D eigenvalue weighted by atomic mass is 16.5. The van der Waals surface area contributed by atoms with Gasteiger partial charge in [-0.25, -0.2) is 0 Å². The van der Waals surface area contributed by atoms with Crippen LogP contribution in [-0.4, -0.2) is 74.0 Å². The highest BCUT2D eigenvalue weighted by molar-refractivity contribution is 6.01. The van der Waals surface area contributed by atoms with Gasteiger partial charge in [0.2, 0.25) is 23.6 Å². The van der Waals surface area contributed by atoms with Crippen molar-refractivity contribution in [2.75, 3.05) is 26.3 Å². The van der Waals surface area contributed by atoms with E-state index in [0.29, 0.717) is 31.1 Å². The fourth-order valence-corrected chi connectivity index (χ4v) is 5.78. The number of hydrogen-bond donors (Lipinski definition) is 5. The van der Waals surface area contributed by atoms with Gasteiger partial charge < -0.3 is 36.1 Å². The molecule has 0 saturated carbocycles. The van der Waals surface area contributed by atoms with Crippen LogP contribution < -0.4 is 36.1 Å². The Morgan fingerprint density at radius 3 is 2.25 bits per heavy atom. The summed E-state index contributed by atoms with van der Waals surface area (Å²) in [5.41, 5.74) is 1.01. The first-order valence-electron chi connectivity index (χ1n) is 18.1. The number of ether oxygens (including phenoxy) is 2. The Kier molecular flexibility index (Phi) is 16.0. The number of nitrogens with one attached hydrogen (secondary N) is 5. The van der Waals surface area contributed by atoms with E-state index in [1.54, 1.807) is 36.4 Å². The van der Waals surface area contributed by atoms with Gasteiger partial charge in [-0.2, -0.15) is 0 Å². The van der Waals surface area contributed by atoms with Gasteiger partial charge in [-0.15, -0.1) is 0 Å². The van der Waals surface area contributed by atoms with E-state index >= 15 is 0 Å². The van der Waals surface area contributed by atoms with E-state index in [2.05, 4.69) is 26.6 Å². The van der Waals surface area contributed by atoms with Crippen LogP contribution in [-0.2, 0) is 25.6 Å². The highest BCUT2D eigenvalue weighted by Crippen LogP contribution is 2.19. The van der Waals surface area contributed by atoms with Gasteiger partial charge in [-0.3, -0.25) is 24.0 Å². The Balaban J connectivity index is 1.58. The first-order chi connectivity index (χ1) is 25.2. The van der Waals surface area contributed by atoms with Crippen molar-refractivity contribution in [3.05, 3.63) is 96.1 Å². The standard InChI is InChI=1S/C40H51N5O7/c1-28(2)25-32-38(48)41-21-13-3-4-14-23-52-35-20-12-11-19-31(35)37(47)44-34(39(49)42-22-24-51-30-17-9-6-10-18-30)27-36(46)43-33(40(50)45-32)26-29-15-7-5-8-16-29/h5-12,15-20,28,32-34H,3-4,13-14,21-27H2,1-2H3,(H,41,48)(H,42,49)(H,43,46)(H,44,47)(H,45,50)/t32-,33-,34-/m0/s1. The molecule has 1 aliphatic heterocycles. The summed E-state index contributed by atoms with van der Waals surface area (Å²) in [5, 5.41) is 14.1. The van der Waals surface area contributed by atoms with Crippen molar-refractivity contribution < 1.29 is 33.4 Å². The molecule has 0 spiro atoms. The van der Waals surface area contributed by atoms with Crippen LogP contribution in [0.1, 0.15) is 68.3 Å². The van der Waals surface area contributed by atoms with Gasteiger partial charge in [0.15, 0.2) is 0 Å². The summed E-state index contributed by atoms with van der Waals surface area (Å²) in [6.07, 6.45) is 3.26. The molecule has 0 unspecified atom stereocenters. The van der Waals surface area contributed by atoms with Crippen LogP contribution in [0.3, 0.4) is 0 Å². The molecule has 3 atom stereocenters. The van der Waals surface area contributed by atoms with Gasteiger partial charge >= 0.3 is 0 Å². The molecule has 0 radical (unpaired) electrons. The summed E-state index contributed by atoms with van der Waals surface area (Å²) in [5.74, 6) is -1.55. The number of amides is 5. The third-order valence-corrected chi connectivity index (χ3v) is 8.46. The Morgan fingerprint density at radius 2 is 1.50 bits per heavy atom. The Hall–Kier alpha value is -5.39. The molecule has 0 aliphatic carbocycles. The van der Waals surface area contributed by atoms with Crippen LogP contribution in [0.25, 0.3) is 0 Å². The predicted octanol–water partition coefficient (Wildman–Crippen LogP) is 3.70. The topological polar surface area (TPSA) is 164 Å². The lowest BCUT2D eigenvalue weighted by atomic mass is 10.0. The van der Waals surface area contributed by atoms with Gasteiger partial charge in [0, 0.05) is 13.0 Å². The maximum absolute atomic E-state index is 13.8. The van der Waals surface area contributed by atoms with Crippen LogP contribution in [0.15, 0.2) is 84.9 Å². The van der Waals surface area contributed by atoms with Gasteiger partial charge in [-0.1, -0.05) is 87.4 Å². The third kappa shape index (κ3) is 13.4. The second-order valence-electron chi connectivity index (χ2n) is 13.2. The van der Waals surface area contributed by atoms with Gasteiger partial charge in [-0.05, 0) is 55.0 Å². The van der Waals surface area contributed by atoms with Crippen LogP contribution in [0.4, 0.5) is 0 Å². The smallest absolute Gasteiger partial charge is 0.255 e. The molecule has 0 bridgehead atoms. The van der Waals surface area contributed by atoms with Crippen molar-refractivity contribution in [3.63, 3.8) is 0 Å². The number of fused-ring (bicyclic) bond motifs is 1. The van der Waals surface area contributed by atoms with E-state index in [1.165, 1.54) is 0 Å². The molecule has 1 aliphatic rings. The van der Waals surface area contributed by atoms with Crippen LogP contribution in [0.5, 0.6) is 11.5 Å². The SMILES string of the molecule is CC(C)C[C@@H]1NC(=O)[C@H](Cc2ccccc2)NC(=O)C[C@@H](C(=O)NCCOc2ccccc2)NC(=O)c2ccccc2OCCCCCCNC1=O. The highest BCUT2D eigenvalue weighted by Gasteiger charge is 2.30. The lowest BCUT2D eigenvalue weighted by Crippen LogP contribution is -2.56. The molecule has 52 heavy (non-hydrogen) atoms. The average molecular weight is 714 g/mol. The van der Waals surface area contributed by atoms with E-state index in [4.69, 9.17) is 9.47 Å². The predicted molar refractivity (Wildman–Crippen MR) is 198 cm³/mol. The Bertz CT molecular complexity index is 1600. The lowest BCUT2D eigenvalue weighted by Gasteiger charge is -2.25. The molecule has 3 aromatic carbocycles. The Labute approximate surface area is 305 Å². The molecular weight excluding hydrogens is 662 g/mol. The molecule has 0 aromatic heterocycles. The number of carbonyl (C=O) groups excluding carboxylic acids is 5. The second kappa shape index (κ2) is 21.1. The quantitative estimate of drug-likeness (QED) is 0.211.